The second kappa shape index (κ2) is 8.00. The minimum Gasteiger partial charge on any atom is -0.497 e. The first-order valence-corrected chi connectivity index (χ1v) is 8.54. The topological polar surface area (TPSA) is 35.5 Å². The van der Waals surface area contributed by atoms with Gasteiger partial charge in [0.05, 0.1) is 14.2 Å². The van der Waals surface area contributed by atoms with Crippen molar-refractivity contribution in [3.8, 4) is 11.5 Å². The molecular formula is C22H21FO3. The number of hydrogen-bond donors (Lipinski definition) is 0. The highest BCUT2D eigenvalue weighted by Crippen LogP contribution is 2.30. The Morgan fingerprint density at radius 3 is 2.15 bits per heavy atom. The molecule has 1 fully saturated rings. The maximum atomic E-state index is 13.9. The molecule has 3 rings (SSSR count). The molecule has 0 amide bonds. The number of allylic oxidation sites excluding steroid dienone is 2. The Balaban J connectivity index is 1.93. The zero-order chi connectivity index (χ0) is 18.5. The van der Waals surface area contributed by atoms with Gasteiger partial charge in [-0.25, -0.2) is 4.39 Å². The number of benzene rings is 2. The van der Waals surface area contributed by atoms with Gasteiger partial charge >= 0.3 is 0 Å². The molecule has 0 saturated heterocycles. The molecular weight excluding hydrogens is 331 g/mol. The van der Waals surface area contributed by atoms with Crippen molar-refractivity contribution in [1.82, 2.24) is 0 Å². The molecule has 0 radical (unpaired) electrons. The normalized spacial score (nSPS) is 17.6. The van der Waals surface area contributed by atoms with Gasteiger partial charge in [0.2, 0.25) is 0 Å². The number of rotatable bonds is 4. The van der Waals surface area contributed by atoms with Crippen molar-refractivity contribution in [3.63, 3.8) is 0 Å². The summed E-state index contributed by atoms with van der Waals surface area (Å²) < 4.78 is 24.4. The molecule has 0 heterocycles. The van der Waals surface area contributed by atoms with E-state index in [2.05, 4.69) is 0 Å². The van der Waals surface area contributed by atoms with Crippen LogP contribution >= 0.6 is 0 Å². The average Bonchev–Trinajstić information content (AvgIpc) is 2.66. The smallest absolute Gasteiger partial charge is 0.185 e. The molecule has 26 heavy (non-hydrogen) atoms. The molecule has 4 heteroatoms. The van der Waals surface area contributed by atoms with Crippen LogP contribution in [-0.2, 0) is 4.79 Å². The van der Waals surface area contributed by atoms with Gasteiger partial charge in [-0.15, -0.1) is 0 Å². The van der Waals surface area contributed by atoms with Crippen LogP contribution in [0.25, 0.3) is 12.2 Å². The lowest BCUT2D eigenvalue weighted by Gasteiger charge is -2.17. The van der Waals surface area contributed by atoms with Crippen LogP contribution in [0.4, 0.5) is 4.39 Å². The van der Waals surface area contributed by atoms with E-state index < -0.39 is 0 Å². The summed E-state index contributed by atoms with van der Waals surface area (Å²) in [5, 5.41) is 0. The number of carbonyl (C=O) groups excluding carboxylic acids is 1. The van der Waals surface area contributed by atoms with E-state index in [1.54, 1.807) is 44.6 Å². The fraction of sp³-hybridized carbons (Fsp3) is 0.227. The lowest BCUT2D eigenvalue weighted by Crippen LogP contribution is -2.12. The van der Waals surface area contributed by atoms with Gasteiger partial charge in [-0.05, 0) is 55.2 Å². The maximum Gasteiger partial charge on any atom is 0.185 e. The Labute approximate surface area is 152 Å². The quantitative estimate of drug-likeness (QED) is 0.721. The molecule has 134 valence electrons. The third-order valence-corrected chi connectivity index (χ3v) is 4.43. The fourth-order valence-corrected chi connectivity index (χ4v) is 3.07. The van der Waals surface area contributed by atoms with Crippen LogP contribution in [-0.4, -0.2) is 20.0 Å². The molecule has 0 bridgehead atoms. The third-order valence-electron chi connectivity index (χ3n) is 4.43. The number of halogens is 1. The Morgan fingerprint density at radius 1 is 0.923 bits per heavy atom. The Bertz CT molecular complexity index is 858. The van der Waals surface area contributed by atoms with E-state index in [9.17, 15) is 9.18 Å². The molecule has 1 saturated carbocycles. The number of ether oxygens (including phenoxy) is 2. The second-order valence-electron chi connectivity index (χ2n) is 6.19. The lowest BCUT2D eigenvalue weighted by atomic mass is 9.87. The molecule has 3 nitrogen and oxygen atoms in total. The molecule has 0 aromatic heterocycles. The van der Waals surface area contributed by atoms with Gasteiger partial charge in [0.15, 0.2) is 5.78 Å². The van der Waals surface area contributed by atoms with Crippen LogP contribution in [0, 0.1) is 5.82 Å². The largest absolute Gasteiger partial charge is 0.497 e. The van der Waals surface area contributed by atoms with Crippen molar-refractivity contribution in [2.45, 2.75) is 19.3 Å². The van der Waals surface area contributed by atoms with E-state index in [4.69, 9.17) is 9.47 Å². The minimum atomic E-state index is -0.318. The summed E-state index contributed by atoms with van der Waals surface area (Å²) in [5.74, 6) is 0.992. The second-order valence-corrected chi connectivity index (χ2v) is 6.19. The number of ketones is 1. The summed E-state index contributed by atoms with van der Waals surface area (Å²) in [4.78, 5) is 12.8. The van der Waals surface area contributed by atoms with Crippen LogP contribution in [0.15, 0.2) is 53.6 Å². The van der Waals surface area contributed by atoms with Crippen LogP contribution < -0.4 is 9.47 Å². The molecule has 1 aliphatic rings. The summed E-state index contributed by atoms with van der Waals surface area (Å²) in [5.41, 5.74) is 2.65. The zero-order valence-electron chi connectivity index (χ0n) is 14.9. The first-order chi connectivity index (χ1) is 12.6. The van der Waals surface area contributed by atoms with Crippen LogP contribution in [0.5, 0.6) is 11.5 Å². The summed E-state index contributed by atoms with van der Waals surface area (Å²) in [6, 6.07) is 12.0. The zero-order valence-corrected chi connectivity index (χ0v) is 14.9. The molecule has 2 aromatic rings. The monoisotopic (exact) mass is 352 g/mol. The summed E-state index contributed by atoms with van der Waals surface area (Å²) in [7, 11) is 3.18. The van der Waals surface area contributed by atoms with Gasteiger partial charge in [-0.3, -0.25) is 4.79 Å². The van der Waals surface area contributed by atoms with E-state index in [0.29, 0.717) is 41.1 Å². The summed E-state index contributed by atoms with van der Waals surface area (Å²) in [6.07, 6.45) is 5.75. The fourth-order valence-electron chi connectivity index (χ4n) is 3.07. The minimum absolute atomic E-state index is 0.0266. The van der Waals surface area contributed by atoms with Crippen molar-refractivity contribution in [2.24, 2.45) is 0 Å². The highest BCUT2D eigenvalue weighted by atomic mass is 19.1. The number of carbonyl (C=O) groups is 1. The van der Waals surface area contributed by atoms with Crippen LogP contribution in [0.2, 0.25) is 0 Å². The van der Waals surface area contributed by atoms with E-state index in [0.717, 1.165) is 12.0 Å². The van der Waals surface area contributed by atoms with Crippen molar-refractivity contribution in [2.75, 3.05) is 14.2 Å². The standard InChI is InChI=1S/C22H21FO3/c1-25-19-11-15(12-20(14-19)26-2)10-17-7-5-8-18(22(17)24)13-16-6-3-4-9-21(16)23/h3-4,6,9-14H,5,7-8H2,1-2H3/b17-10+,18-13+. The first-order valence-electron chi connectivity index (χ1n) is 8.54. The molecule has 0 atom stereocenters. The van der Waals surface area contributed by atoms with Crippen LogP contribution in [0.1, 0.15) is 30.4 Å². The van der Waals surface area contributed by atoms with E-state index in [-0.39, 0.29) is 11.6 Å². The van der Waals surface area contributed by atoms with Crippen molar-refractivity contribution in [3.05, 3.63) is 70.6 Å². The Kier molecular flexibility index (Phi) is 5.52. The predicted molar refractivity (Wildman–Crippen MR) is 101 cm³/mol. The van der Waals surface area contributed by atoms with Crippen molar-refractivity contribution < 1.29 is 18.7 Å². The third kappa shape index (κ3) is 4.02. The average molecular weight is 352 g/mol. The molecule has 0 spiro atoms. The van der Waals surface area contributed by atoms with Gasteiger partial charge in [-0.2, -0.15) is 0 Å². The first kappa shape index (κ1) is 17.9. The van der Waals surface area contributed by atoms with Gasteiger partial charge in [0.25, 0.3) is 0 Å². The van der Waals surface area contributed by atoms with Gasteiger partial charge < -0.3 is 9.47 Å². The number of methoxy groups -OCH3 is 2. The predicted octanol–water partition coefficient (Wildman–Crippen LogP) is 5.06. The Morgan fingerprint density at radius 2 is 1.54 bits per heavy atom. The Hall–Kier alpha value is -2.88. The van der Waals surface area contributed by atoms with E-state index in [1.165, 1.54) is 6.07 Å². The maximum absolute atomic E-state index is 13.9. The van der Waals surface area contributed by atoms with Gasteiger partial charge in [0, 0.05) is 22.8 Å². The van der Waals surface area contributed by atoms with Gasteiger partial charge in [-0.1, -0.05) is 18.2 Å². The summed E-state index contributed by atoms with van der Waals surface area (Å²) >= 11 is 0. The number of Topliss-reactive ketones (excluding diaryl/α,β-unsaturated/α-hetero) is 1. The van der Waals surface area contributed by atoms with Crippen molar-refractivity contribution in [1.29, 1.82) is 0 Å². The summed E-state index contributed by atoms with van der Waals surface area (Å²) in [6.45, 7) is 0. The number of hydrogen-bond acceptors (Lipinski definition) is 3. The highest BCUT2D eigenvalue weighted by molar-refractivity contribution is 6.14. The van der Waals surface area contributed by atoms with Gasteiger partial charge in [0.1, 0.15) is 17.3 Å². The lowest BCUT2D eigenvalue weighted by molar-refractivity contribution is -0.112. The molecule has 2 aromatic carbocycles. The van der Waals surface area contributed by atoms with E-state index in [1.807, 2.05) is 18.2 Å². The van der Waals surface area contributed by atoms with Crippen LogP contribution in [0.3, 0.4) is 0 Å². The molecule has 0 N–H and O–H groups in total. The molecule has 1 aliphatic carbocycles. The van der Waals surface area contributed by atoms with E-state index >= 15 is 0 Å². The SMILES string of the molecule is COc1cc(/C=C2\CCC/C(=C\c3ccccc3F)C2=O)cc(OC)c1. The molecule has 0 aliphatic heterocycles. The van der Waals surface area contributed by atoms with Crippen molar-refractivity contribution >= 4 is 17.9 Å². The molecule has 0 unspecified atom stereocenters. The highest BCUT2D eigenvalue weighted by Gasteiger charge is 2.21.